The summed E-state index contributed by atoms with van der Waals surface area (Å²) >= 11 is 0. The molecule has 1 aliphatic heterocycles. The lowest BCUT2D eigenvalue weighted by Crippen LogP contribution is -2.30. The summed E-state index contributed by atoms with van der Waals surface area (Å²) in [6, 6.07) is 0. The van der Waals surface area contributed by atoms with Gasteiger partial charge >= 0.3 is 0 Å². The number of hydrogen-bond acceptors (Lipinski definition) is 2. The molecule has 1 unspecified atom stereocenters. The van der Waals surface area contributed by atoms with E-state index in [9.17, 15) is 4.21 Å². The van der Waals surface area contributed by atoms with Crippen LogP contribution in [0.2, 0.25) is 0 Å². The molecule has 1 atom stereocenters. The van der Waals surface area contributed by atoms with Gasteiger partial charge in [-0.25, -0.2) is 0 Å². The number of rotatable bonds is 5. The molecule has 0 aliphatic carbocycles. The van der Waals surface area contributed by atoms with Crippen molar-refractivity contribution in [3.05, 3.63) is 0 Å². The van der Waals surface area contributed by atoms with Crippen LogP contribution in [-0.4, -0.2) is 40.8 Å². The van der Waals surface area contributed by atoms with Crippen molar-refractivity contribution in [3.63, 3.8) is 0 Å². The molecule has 0 radical (unpaired) electrons. The monoisotopic (exact) mass is 203 g/mol. The van der Waals surface area contributed by atoms with Crippen LogP contribution in [0.1, 0.15) is 32.1 Å². The minimum absolute atomic E-state index is 0.591. The Labute approximate surface area is 84.2 Å². The van der Waals surface area contributed by atoms with E-state index in [2.05, 4.69) is 4.90 Å². The Kier molecular flexibility index (Phi) is 5.63. The molecule has 13 heavy (non-hydrogen) atoms. The number of likely N-dealkylation sites (tertiary alicyclic amines) is 1. The molecular formula is C10H21NOS. The van der Waals surface area contributed by atoms with E-state index < -0.39 is 10.8 Å². The van der Waals surface area contributed by atoms with Crippen LogP contribution in [0.3, 0.4) is 0 Å². The molecule has 0 bridgehead atoms. The fourth-order valence-electron chi connectivity index (χ4n) is 1.82. The first-order chi connectivity index (χ1) is 6.29. The first-order valence-electron chi connectivity index (χ1n) is 5.31. The number of unbranched alkanes of at least 4 members (excludes halogenated alkanes) is 1. The molecule has 0 aromatic rings. The first kappa shape index (κ1) is 11.2. The van der Waals surface area contributed by atoms with Crippen LogP contribution in [0.5, 0.6) is 0 Å². The van der Waals surface area contributed by atoms with Crippen LogP contribution >= 0.6 is 0 Å². The summed E-state index contributed by atoms with van der Waals surface area (Å²) in [6.45, 7) is 3.79. The normalized spacial score (nSPS) is 21.6. The van der Waals surface area contributed by atoms with E-state index in [4.69, 9.17) is 0 Å². The minimum Gasteiger partial charge on any atom is -0.303 e. The maximum absolute atomic E-state index is 10.8. The molecule has 3 heteroatoms. The summed E-state index contributed by atoms with van der Waals surface area (Å²) in [5, 5.41) is 0. The molecule has 78 valence electrons. The maximum Gasteiger partial charge on any atom is 0.0232 e. The van der Waals surface area contributed by atoms with Crippen molar-refractivity contribution in [1.82, 2.24) is 4.90 Å². The van der Waals surface area contributed by atoms with Crippen molar-refractivity contribution in [2.45, 2.75) is 32.1 Å². The van der Waals surface area contributed by atoms with Gasteiger partial charge in [-0.05, 0) is 45.3 Å². The van der Waals surface area contributed by atoms with E-state index in [0.29, 0.717) is 0 Å². The minimum atomic E-state index is -0.591. The van der Waals surface area contributed by atoms with Crippen molar-refractivity contribution in [2.24, 2.45) is 0 Å². The standard InChI is InChI=1S/C10H21NOS/c1-13(12)10-6-5-9-11-7-3-2-4-8-11/h2-10H2,1H3. The van der Waals surface area contributed by atoms with E-state index in [1.807, 2.05) is 0 Å². The van der Waals surface area contributed by atoms with Crippen molar-refractivity contribution >= 4 is 10.8 Å². The second-order valence-electron chi connectivity index (χ2n) is 3.89. The average molecular weight is 203 g/mol. The zero-order chi connectivity index (χ0) is 9.52. The Balaban J connectivity index is 1.95. The van der Waals surface area contributed by atoms with E-state index in [-0.39, 0.29) is 0 Å². The Morgan fingerprint density at radius 1 is 1.15 bits per heavy atom. The fourth-order valence-corrected chi connectivity index (χ4v) is 2.43. The van der Waals surface area contributed by atoms with Gasteiger partial charge in [-0.3, -0.25) is 4.21 Å². The quantitative estimate of drug-likeness (QED) is 0.633. The Morgan fingerprint density at radius 3 is 2.46 bits per heavy atom. The highest BCUT2D eigenvalue weighted by molar-refractivity contribution is 7.84. The van der Waals surface area contributed by atoms with Gasteiger partial charge in [0, 0.05) is 22.8 Å². The van der Waals surface area contributed by atoms with Gasteiger partial charge in [0.1, 0.15) is 0 Å². The highest BCUT2D eigenvalue weighted by Crippen LogP contribution is 2.09. The van der Waals surface area contributed by atoms with Crippen molar-refractivity contribution in [2.75, 3.05) is 31.6 Å². The Hall–Kier alpha value is 0.110. The van der Waals surface area contributed by atoms with E-state index in [1.54, 1.807) is 6.26 Å². The van der Waals surface area contributed by atoms with Crippen LogP contribution in [0, 0.1) is 0 Å². The van der Waals surface area contributed by atoms with Crippen LogP contribution in [0.25, 0.3) is 0 Å². The highest BCUT2D eigenvalue weighted by atomic mass is 32.2. The van der Waals surface area contributed by atoms with Gasteiger partial charge in [0.15, 0.2) is 0 Å². The molecule has 1 aliphatic rings. The molecule has 0 aromatic heterocycles. The van der Waals surface area contributed by atoms with Crippen LogP contribution in [0.4, 0.5) is 0 Å². The van der Waals surface area contributed by atoms with Crippen molar-refractivity contribution < 1.29 is 4.21 Å². The number of nitrogens with zero attached hydrogens (tertiary/aromatic N) is 1. The Bertz CT molecular complexity index is 155. The largest absolute Gasteiger partial charge is 0.303 e. The lowest BCUT2D eigenvalue weighted by Gasteiger charge is -2.26. The zero-order valence-electron chi connectivity index (χ0n) is 8.63. The van der Waals surface area contributed by atoms with E-state index in [0.717, 1.165) is 12.2 Å². The first-order valence-corrected chi connectivity index (χ1v) is 7.04. The predicted molar refractivity (Wildman–Crippen MR) is 58.5 cm³/mol. The lowest BCUT2D eigenvalue weighted by atomic mass is 10.1. The van der Waals surface area contributed by atoms with Gasteiger partial charge in [-0.1, -0.05) is 6.42 Å². The van der Waals surface area contributed by atoms with Crippen LogP contribution in [0.15, 0.2) is 0 Å². The predicted octanol–water partition coefficient (Wildman–Crippen LogP) is 1.63. The second kappa shape index (κ2) is 6.55. The topological polar surface area (TPSA) is 20.3 Å². The third-order valence-electron chi connectivity index (χ3n) is 2.60. The van der Waals surface area contributed by atoms with Gasteiger partial charge in [0.05, 0.1) is 0 Å². The maximum atomic E-state index is 10.8. The van der Waals surface area contributed by atoms with Crippen molar-refractivity contribution in [1.29, 1.82) is 0 Å². The van der Waals surface area contributed by atoms with Crippen LogP contribution < -0.4 is 0 Å². The lowest BCUT2D eigenvalue weighted by molar-refractivity contribution is 0.226. The molecule has 0 amide bonds. The van der Waals surface area contributed by atoms with Gasteiger partial charge in [-0.2, -0.15) is 0 Å². The summed E-state index contributed by atoms with van der Waals surface area (Å²) in [7, 11) is -0.591. The molecule has 1 fully saturated rings. The molecule has 0 saturated carbocycles. The summed E-state index contributed by atoms with van der Waals surface area (Å²) in [4.78, 5) is 2.54. The van der Waals surface area contributed by atoms with Gasteiger partial charge < -0.3 is 4.90 Å². The van der Waals surface area contributed by atoms with Gasteiger partial charge in [-0.15, -0.1) is 0 Å². The van der Waals surface area contributed by atoms with Gasteiger partial charge in [0.25, 0.3) is 0 Å². The third-order valence-corrected chi connectivity index (χ3v) is 3.47. The molecular weight excluding hydrogens is 182 g/mol. The molecule has 1 rings (SSSR count). The van der Waals surface area contributed by atoms with E-state index >= 15 is 0 Å². The molecule has 2 nitrogen and oxygen atoms in total. The second-order valence-corrected chi connectivity index (χ2v) is 5.44. The highest BCUT2D eigenvalue weighted by Gasteiger charge is 2.08. The molecule has 0 spiro atoms. The summed E-state index contributed by atoms with van der Waals surface area (Å²) < 4.78 is 10.8. The summed E-state index contributed by atoms with van der Waals surface area (Å²) in [5.74, 6) is 0.883. The molecule has 1 heterocycles. The molecule has 0 N–H and O–H groups in total. The van der Waals surface area contributed by atoms with Crippen LogP contribution in [-0.2, 0) is 10.8 Å². The fraction of sp³-hybridized carbons (Fsp3) is 1.00. The van der Waals surface area contributed by atoms with E-state index in [1.165, 1.54) is 45.3 Å². The molecule has 0 aromatic carbocycles. The number of hydrogen-bond donors (Lipinski definition) is 0. The molecule has 1 saturated heterocycles. The zero-order valence-corrected chi connectivity index (χ0v) is 9.44. The third kappa shape index (κ3) is 5.42. The Morgan fingerprint density at radius 2 is 1.85 bits per heavy atom. The summed E-state index contributed by atoms with van der Waals surface area (Å²) in [6.07, 6.45) is 8.30. The SMILES string of the molecule is CS(=O)CCCCN1CCCCC1. The smallest absolute Gasteiger partial charge is 0.0232 e. The van der Waals surface area contributed by atoms with Gasteiger partial charge in [0.2, 0.25) is 0 Å². The van der Waals surface area contributed by atoms with Crippen molar-refractivity contribution in [3.8, 4) is 0 Å². The summed E-state index contributed by atoms with van der Waals surface area (Å²) in [5.41, 5.74) is 0. The number of piperidine rings is 1. The average Bonchev–Trinajstić information content (AvgIpc) is 2.14.